The summed E-state index contributed by atoms with van der Waals surface area (Å²) in [6.45, 7) is 5.10. The minimum absolute atomic E-state index is 0.298. The molecule has 1 aliphatic carbocycles. The van der Waals surface area contributed by atoms with Gasteiger partial charge in [0.2, 0.25) is 5.91 Å². The fourth-order valence-electron chi connectivity index (χ4n) is 3.05. The van der Waals surface area contributed by atoms with Gasteiger partial charge in [0.25, 0.3) is 0 Å². The number of rotatable bonds is 4. The molecule has 2 aromatic rings. The summed E-state index contributed by atoms with van der Waals surface area (Å²) in [5, 5.41) is 11.7. The number of amides is 1. The van der Waals surface area contributed by atoms with E-state index < -0.39 is 0 Å². The van der Waals surface area contributed by atoms with Gasteiger partial charge < -0.3 is 15.1 Å². The van der Waals surface area contributed by atoms with Gasteiger partial charge >= 0.3 is 0 Å². The van der Waals surface area contributed by atoms with Crippen LogP contribution in [0.15, 0.2) is 30.3 Å². The fourth-order valence-corrected chi connectivity index (χ4v) is 3.05. The van der Waals surface area contributed by atoms with E-state index in [1.807, 2.05) is 42.2 Å². The number of anilines is 3. The topological polar surface area (TPSA) is 74.2 Å². The van der Waals surface area contributed by atoms with E-state index in [2.05, 4.69) is 25.4 Å². The smallest absolute Gasteiger partial charge is 0.225 e. The first-order chi connectivity index (χ1) is 12.2. The van der Waals surface area contributed by atoms with Crippen molar-refractivity contribution in [3.63, 3.8) is 0 Å². The Labute approximate surface area is 147 Å². The molecule has 2 aliphatic rings. The Hall–Kier alpha value is -2.70. The molecule has 1 saturated carbocycles. The van der Waals surface area contributed by atoms with Crippen molar-refractivity contribution >= 4 is 23.4 Å². The number of nitrogens with zero attached hydrogens (tertiary/aromatic N) is 5. The van der Waals surface area contributed by atoms with Gasteiger partial charge in [0.1, 0.15) is 5.82 Å². The van der Waals surface area contributed by atoms with Crippen molar-refractivity contribution in [1.29, 1.82) is 0 Å². The lowest BCUT2D eigenvalue weighted by molar-refractivity contribution is -0.132. The van der Waals surface area contributed by atoms with Gasteiger partial charge in [-0.1, -0.05) is 6.07 Å². The van der Waals surface area contributed by atoms with Gasteiger partial charge in [0.05, 0.1) is 0 Å². The quantitative estimate of drug-likeness (QED) is 0.919. The number of aromatic nitrogens is 3. The number of piperazine rings is 1. The zero-order valence-corrected chi connectivity index (χ0v) is 14.4. The van der Waals surface area contributed by atoms with Crippen LogP contribution in [0.1, 0.15) is 18.5 Å². The summed E-state index contributed by atoms with van der Waals surface area (Å²) < 4.78 is 0. The third-order valence-electron chi connectivity index (χ3n) is 4.64. The minimum atomic E-state index is 0.298. The van der Waals surface area contributed by atoms with Crippen LogP contribution in [-0.2, 0) is 4.79 Å². The number of pyridine rings is 1. The number of nitrogens with one attached hydrogen (secondary N) is 1. The summed E-state index contributed by atoms with van der Waals surface area (Å²) >= 11 is 0. The van der Waals surface area contributed by atoms with Gasteiger partial charge in [-0.25, -0.2) is 4.98 Å². The summed E-state index contributed by atoms with van der Waals surface area (Å²) in [6.07, 6.45) is 2.13. The monoisotopic (exact) mass is 338 g/mol. The lowest BCUT2D eigenvalue weighted by Gasteiger charge is -2.35. The summed E-state index contributed by atoms with van der Waals surface area (Å²) in [4.78, 5) is 20.7. The van der Waals surface area contributed by atoms with Gasteiger partial charge in [0.15, 0.2) is 11.6 Å². The molecule has 7 nitrogen and oxygen atoms in total. The molecule has 0 spiro atoms. The molecule has 0 aromatic carbocycles. The van der Waals surface area contributed by atoms with E-state index >= 15 is 0 Å². The van der Waals surface area contributed by atoms with E-state index in [1.165, 1.54) is 0 Å². The molecular weight excluding hydrogens is 316 g/mol. The van der Waals surface area contributed by atoms with Crippen LogP contribution >= 0.6 is 0 Å². The first kappa shape index (κ1) is 15.8. The Bertz CT molecular complexity index is 750. The SMILES string of the molecule is Cc1cccc(Nc2ccc(N3CCN(C(=O)C4CC4)CC3)nn2)n1. The molecule has 0 unspecified atom stereocenters. The summed E-state index contributed by atoms with van der Waals surface area (Å²) in [7, 11) is 0. The zero-order valence-electron chi connectivity index (χ0n) is 14.4. The normalized spacial score (nSPS) is 17.5. The van der Waals surface area contributed by atoms with Crippen LogP contribution in [0.3, 0.4) is 0 Å². The highest BCUT2D eigenvalue weighted by molar-refractivity contribution is 5.81. The van der Waals surface area contributed by atoms with Gasteiger partial charge in [-0.2, -0.15) is 0 Å². The van der Waals surface area contributed by atoms with E-state index in [4.69, 9.17) is 0 Å². The van der Waals surface area contributed by atoms with E-state index in [0.717, 1.165) is 56.4 Å². The van der Waals surface area contributed by atoms with Gasteiger partial charge in [-0.05, 0) is 44.0 Å². The van der Waals surface area contributed by atoms with Crippen LogP contribution in [0.4, 0.5) is 17.5 Å². The van der Waals surface area contributed by atoms with Crippen LogP contribution in [0.25, 0.3) is 0 Å². The molecule has 1 saturated heterocycles. The number of carbonyl (C=O) groups excluding carboxylic acids is 1. The molecule has 0 atom stereocenters. The first-order valence-electron chi connectivity index (χ1n) is 8.77. The molecule has 1 amide bonds. The number of hydrogen-bond donors (Lipinski definition) is 1. The predicted molar refractivity (Wildman–Crippen MR) is 95.8 cm³/mol. The molecule has 3 heterocycles. The van der Waals surface area contributed by atoms with Gasteiger partial charge in [-0.3, -0.25) is 4.79 Å². The van der Waals surface area contributed by atoms with E-state index in [1.54, 1.807) is 0 Å². The maximum atomic E-state index is 12.1. The highest BCUT2D eigenvalue weighted by Gasteiger charge is 2.34. The second-order valence-corrected chi connectivity index (χ2v) is 6.65. The van der Waals surface area contributed by atoms with Crippen molar-refractivity contribution in [1.82, 2.24) is 20.1 Å². The van der Waals surface area contributed by atoms with Crippen LogP contribution < -0.4 is 10.2 Å². The average Bonchev–Trinajstić information content (AvgIpc) is 3.47. The molecule has 7 heteroatoms. The summed E-state index contributed by atoms with van der Waals surface area (Å²) in [5.41, 5.74) is 0.952. The Balaban J connectivity index is 1.35. The Morgan fingerprint density at radius 1 is 1.04 bits per heavy atom. The molecule has 0 bridgehead atoms. The highest BCUT2D eigenvalue weighted by atomic mass is 16.2. The maximum absolute atomic E-state index is 12.1. The van der Waals surface area contributed by atoms with Crippen molar-refractivity contribution < 1.29 is 4.79 Å². The first-order valence-corrected chi connectivity index (χ1v) is 8.77. The molecule has 25 heavy (non-hydrogen) atoms. The van der Waals surface area contributed by atoms with Crippen molar-refractivity contribution in [2.75, 3.05) is 36.4 Å². The number of hydrogen-bond acceptors (Lipinski definition) is 6. The molecule has 1 aliphatic heterocycles. The standard InChI is InChI=1S/C18H22N6O/c1-13-3-2-4-15(19-13)20-16-7-8-17(22-21-16)23-9-11-24(12-10-23)18(25)14-5-6-14/h2-4,7-8,14H,5-6,9-12H2,1H3,(H,19,20,21). The van der Waals surface area contributed by atoms with E-state index in [0.29, 0.717) is 17.6 Å². The van der Waals surface area contributed by atoms with Crippen LogP contribution in [-0.4, -0.2) is 52.2 Å². The molecule has 2 aromatic heterocycles. The minimum Gasteiger partial charge on any atom is -0.352 e. The van der Waals surface area contributed by atoms with Crippen molar-refractivity contribution in [2.45, 2.75) is 19.8 Å². The average molecular weight is 338 g/mol. The van der Waals surface area contributed by atoms with Gasteiger partial charge in [0, 0.05) is 37.8 Å². The second kappa shape index (κ2) is 6.66. The largest absolute Gasteiger partial charge is 0.352 e. The molecule has 0 radical (unpaired) electrons. The summed E-state index contributed by atoms with van der Waals surface area (Å²) in [6, 6.07) is 9.68. The van der Waals surface area contributed by atoms with Crippen molar-refractivity contribution in [3.05, 3.63) is 36.0 Å². The van der Waals surface area contributed by atoms with Crippen LogP contribution in [0.5, 0.6) is 0 Å². The van der Waals surface area contributed by atoms with Crippen molar-refractivity contribution in [2.24, 2.45) is 5.92 Å². The van der Waals surface area contributed by atoms with Crippen molar-refractivity contribution in [3.8, 4) is 0 Å². The third kappa shape index (κ3) is 3.70. The molecule has 2 fully saturated rings. The Morgan fingerprint density at radius 3 is 2.48 bits per heavy atom. The lowest BCUT2D eigenvalue weighted by Crippen LogP contribution is -2.49. The fraction of sp³-hybridized carbons (Fsp3) is 0.444. The maximum Gasteiger partial charge on any atom is 0.225 e. The zero-order chi connectivity index (χ0) is 17.2. The molecular formula is C18H22N6O. The summed E-state index contributed by atoms with van der Waals surface area (Å²) in [5.74, 6) is 2.91. The third-order valence-corrected chi connectivity index (χ3v) is 4.64. The Kier molecular flexibility index (Phi) is 4.21. The van der Waals surface area contributed by atoms with E-state index in [9.17, 15) is 4.79 Å². The van der Waals surface area contributed by atoms with E-state index in [-0.39, 0.29) is 0 Å². The predicted octanol–water partition coefficient (Wildman–Crippen LogP) is 1.98. The Morgan fingerprint density at radius 2 is 1.84 bits per heavy atom. The molecule has 1 N–H and O–H groups in total. The molecule has 4 rings (SSSR count). The van der Waals surface area contributed by atoms with Crippen LogP contribution in [0, 0.1) is 12.8 Å². The second-order valence-electron chi connectivity index (χ2n) is 6.65. The lowest BCUT2D eigenvalue weighted by atomic mass is 10.2. The van der Waals surface area contributed by atoms with Gasteiger partial charge in [-0.15, -0.1) is 10.2 Å². The van der Waals surface area contributed by atoms with Crippen LogP contribution in [0.2, 0.25) is 0 Å². The number of carbonyl (C=O) groups is 1. The molecule has 130 valence electrons. The highest BCUT2D eigenvalue weighted by Crippen LogP contribution is 2.31. The number of aryl methyl sites for hydroxylation is 1.